The Balaban J connectivity index is 1.61. The molecule has 4 aromatic rings. The van der Waals surface area contributed by atoms with Crippen LogP contribution in [0.15, 0.2) is 106 Å². The first kappa shape index (κ1) is 18.7. The van der Waals surface area contributed by atoms with Crippen LogP contribution in [-0.2, 0) is 0 Å². The Morgan fingerprint density at radius 3 is 1.18 bits per heavy atom. The van der Waals surface area contributed by atoms with Gasteiger partial charge in [0.25, 0.3) is 0 Å². The van der Waals surface area contributed by atoms with Crippen LogP contribution in [0.4, 0.5) is 0 Å². The van der Waals surface area contributed by atoms with Gasteiger partial charge in [0.15, 0.2) is 0 Å². The maximum Gasteiger partial charge on any atom is 0.0391 e. The van der Waals surface area contributed by atoms with Crippen LogP contribution < -0.4 is 0 Å². The van der Waals surface area contributed by atoms with Crippen molar-refractivity contribution in [3.8, 4) is 34.1 Å². The lowest BCUT2D eigenvalue weighted by Gasteiger charge is -2.05. The zero-order valence-corrected chi connectivity index (χ0v) is 18.2. The summed E-state index contributed by atoms with van der Waals surface area (Å²) in [5.41, 5.74) is 6.68. The van der Waals surface area contributed by atoms with Gasteiger partial charge in [-0.25, -0.2) is 0 Å². The number of halogens is 2. The first-order valence-corrected chi connectivity index (χ1v) is 10.5. The molecule has 0 aliphatic rings. The molecule has 0 atom stereocenters. The summed E-state index contributed by atoms with van der Waals surface area (Å²) >= 11 is 7.33. The van der Waals surface area contributed by atoms with Gasteiger partial charge in [-0.1, -0.05) is 84.6 Å². The highest BCUT2D eigenvalue weighted by Crippen LogP contribution is 2.27. The SMILES string of the molecule is Brc1cc(-c2ccccc2)ccc1C#Cc1ccc(-c2ccccc2)cc1Br. The molecule has 28 heavy (non-hydrogen) atoms. The monoisotopic (exact) mass is 486 g/mol. The molecule has 134 valence electrons. The molecule has 0 amide bonds. The maximum atomic E-state index is 3.66. The second kappa shape index (κ2) is 8.61. The minimum Gasteiger partial charge on any atom is -0.0622 e. The quantitative estimate of drug-likeness (QED) is 0.251. The van der Waals surface area contributed by atoms with Crippen molar-refractivity contribution in [3.05, 3.63) is 117 Å². The molecule has 0 aromatic heterocycles. The zero-order valence-electron chi connectivity index (χ0n) is 15.0. The summed E-state index contributed by atoms with van der Waals surface area (Å²) in [6.07, 6.45) is 0. The average Bonchev–Trinajstić information content (AvgIpc) is 2.75. The van der Waals surface area contributed by atoms with E-state index in [9.17, 15) is 0 Å². The standard InChI is InChI=1S/C26H16Br2/c27-25-17-23(19-7-3-1-4-8-19)15-13-21(25)11-12-22-14-16-24(18-26(22)28)20-9-5-2-6-10-20/h1-10,13-18H. The number of hydrogen-bond acceptors (Lipinski definition) is 0. The van der Waals surface area contributed by atoms with Gasteiger partial charge in [-0.3, -0.25) is 0 Å². The fourth-order valence-corrected chi connectivity index (χ4v) is 3.94. The van der Waals surface area contributed by atoms with E-state index in [0.29, 0.717) is 0 Å². The van der Waals surface area contributed by atoms with Crippen LogP contribution in [0.1, 0.15) is 11.1 Å². The molecule has 0 heterocycles. The van der Waals surface area contributed by atoms with Crippen molar-refractivity contribution in [1.82, 2.24) is 0 Å². The molecule has 0 radical (unpaired) electrons. The fourth-order valence-electron chi connectivity index (χ4n) is 2.99. The summed E-state index contributed by atoms with van der Waals surface area (Å²) in [5, 5.41) is 0. The first-order valence-electron chi connectivity index (χ1n) is 8.93. The van der Waals surface area contributed by atoms with Crippen LogP contribution in [0.5, 0.6) is 0 Å². The number of hydrogen-bond donors (Lipinski definition) is 0. The van der Waals surface area contributed by atoms with Crippen molar-refractivity contribution in [1.29, 1.82) is 0 Å². The molecule has 2 heteroatoms. The zero-order chi connectivity index (χ0) is 19.3. The van der Waals surface area contributed by atoms with Crippen molar-refractivity contribution in [2.75, 3.05) is 0 Å². The van der Waals surface area contributed by atoms with Gasteiger partial charge in [-0.15, -0.1) is 0 Å². The molecule has 0 spiro atoms. The van der Waals surface area contributed by atoms with Gasteiger partial charge in [0.05, 0.1) is 0 Å². The van der Waals surface area contributed by atoms with Gasteiger partial charge in [-0.2, -0.15) is 0 Å². The van der Waals surface area contributed by atoms with Crippen molar-refractivity contribution in [2.24, 2.45) is 0 Å². The molecule has 0 aliphatic heterocycles. The second-order valence-electron chi connectivity index (χ2n) is 6.37. The van der Waals surface area contributed by atoms with Crippen LogP contribution in [-0.4, -0.2) is 0 Å². The van der Waals surface area contributed by atoms with Crippen molar-refractivity contribution < 1.29 is 0 Å². The van der Waals surface area contributed by atoms with Crippen molar-refractivity contribution in [2.45, 2.75) is 0 Å². The summed E-state index contributed by atoms with van der Waals surface area (Å²) in [6.45, 7) is 0. The van der Waals surface area contributed by atoms with E-state index in [-0.39, 0.29) is 0 Å². The lowest BCUT2D eigenvalue weighted by atomic mass is 10.0. The molecule has 0 nitrogen and oxygen atoms in total. The Labute approximate surface area is 182 Å². The van der Waals surface area contributed by atoms with Crippen LogP contribution in [0.25, 0.3) is 22.3 Å². The molecular formula is C26H16Br2. The van der Waals surface area contributed by atoms with Gasteiger partial charge >= 0.3 is 0 Å². The molecule has 0 saturated carbocycles. The van der Waals surface area contributed by atoms with E-state index in [1.807, 2.05) is 36.4 Å². The normalized spacial score (nSPS) is 10.2. The van der Waals surface area contributed by atoms with Crippen molar-refractivity contribution in [3.63, 3.8) is 0 Å². The van der Waals surface area contributed by atoms with Crippen molar-refractivity contribution >= 4 is 31.9 Å². The lowest BCUT2D eigenvalue weighted by molar-refractivity contribution is 1.54. The summed E-state index contributed by atoms with van der Waals surface area (Å²) < 4.78 is 2.00. The van der Waals surface area contributed by atoms with E-state index < -0.39 is 0 Å². The minimum atomic E-state index is 0.971. The van der Waals surface area contributed by atoms with E-state index in [2.05, 4.69) is 104 Å². The average molecular weight is 488 g/mol. The summed E-state index contributed by atoms with van der Waals surface area (Å²) in [7, 11) is 0. The van der Waals surface area contributed by atoms with Crippen LogP contribution in [0.3, 0.4) is 0 Å². The summed E-state index contributed by atoms with van der Waals surface area (Å²) in [5.74, 6) is 6.56. The Morgan fingerprint density at radius 1 is 0.429 bits per heavy atom. The summed E-state index contributed by atoms with van der Waals surface area (Å²) in [4.78, 5) is 0. The predicted octanol–water partition coefficient (Wildman–Crippen LogP) is 7.95. The predicted molar refractivity (Wildman–Crippen MR) is 125 cm³/mol. The number of rotatable bonds is 2. The van der Waals surface area contributed by atoms with Gasteiger partial charge in [0, 0.05) is 20.1 Å². The van der Waals surface area contributed by atoms with Gasteiger partial charge in [0.2, 0.25) is 0 Å². The molecule has 0 fully saturated rings. The first-order chi connectivity index (χ1) is 13.7. The molecule has 4 rings (SSSR count). The third-order valence-electron chi connectivity index (χ3n) is 4.48. The van der Waals surface area contributed by atoms with E-state index in [1.54, 1.807) is 0 Å². The van der Waals surface area contributed by atoms with Crippen LogP contribution >= 0.6 is 31.9 Å². The topological polar surface area (TPSA) is 0 Å². The maximum absolute atomic E-state index is 3.66. The minimum absolute atomic E-state index is 0.971. The van der Waals surface area contributed by atoms with Crippen LogP contribution in [0.2, 0.25) is 0 Å². The van der Waals surface area contributed by atoms with E-state index in [4.69, 9.17) is 0 Å². The third kappa shape index (κ3) is 4.28. The smallest absolute Gasteiger partial charge is 0.0391 e. The van der Waals surface area contributed by atoms with E-state index >= 15 is 0 Å². The largest absolute Gasteiger partial charge is 0.0622 e. The Kier molecular flexibility index (Phi) is 5.76. The Hall–Kier alpha value is -2.60. The summed E-state index contributed by atoms with van der Waals surface area (Å²) in [6, 6.07) is 33.3. The molecule has 0 bridgehead atoms. The lowest BCUT2D eigenvalue weighted by Crippen LogP contribution is -1.84. The Morgan fingerprint density at radius 2 is 0.821 bits per heavy atom. The highest BCUT2D eigenvalue weighted by atomic mass is 79.9. The highest BCUT2D eigenvalue weighted by molar-refractivity contribution is 9.10. The fraction of sp³-hybridized carbons (Fsp3) is 0. The van der Waals surface area contributed by atoms with Gasteiger partial charge < -0.3 is 0 Å². The second-order valence-corrected chi connectivity index (χ2v) is 8.08. The molecule has 0 N–H and O–H groups in total. The van der Waals surface area contributed by atoms with Gasteiger partial charge in [-0.05, 0) is 78.4 Å². The third-order valence-corrected chi connectivity index (χ3v) is 5.80. The van der Waals surface area contributed by atoms with E-state index in [1.165, 1.54) is 22.3 Å². The molecule has 0 unspecified atom stereocenters. The highest BCUT2D eigenvalue weighted by Gasteiger charge is 2.03. The van der Waals surface area contributed by atoms with Gasteiger partial charge in [0.1, 0.15) is 0 Å². The molecule has 4 aromatic carbocycles. The molecule has 0 saturated heterocycles. The van der Waals surface area contributed by atoms with E-state index in [0.717, 1.165) is 20.1 Å². The Bertz CT molecular complexity index is 1070. The molecule has 0 aliphatic carbocycles. The number of benzene rings is 4. The molecular weight excluding hydrogens is 472 g/mol. The van der Waals surface area contributed by atoms with Crippen LogP contribution in [0, 0.1) is 11.8 Å².